The second-order valence-corrected chi connectivity index (χ2v) is 7.34. The van der Waals surface area contributed by atoms with Crippen LogP contribution in [0.2, 0.25) is 0 Å². The van der Waals surface area contributed by atoms with Crippen molar-refractivity contribution in [3.8, 4) is 0 Å². The van der Waals surface area contributed by atoms with Gasteiger partial charge in [0, 0.05) is 10.2 Å². The molecule has 0 radical (unpaired) electrons. The molecular weight excluding hydrogens is 474 g/mol. The molecule has 4 aromatic rings. The van der Waals surface area contributed by atoms with E-state index in [0.717, 1.165) is 10.2 Å². The minimum Gasteiger partial charge on any atom is -0.334 e. The first-order valence-corrected chi connectivity index (χ1v) is 10.2. The lowest BCUT2D eigenvalue weighted by atomic mass is 10.2. The van der Waals surface area contributed by atoms with Gasteiger partial charge in [-0.3, -0.25) is 10.1 Å². The van der Waals surface area contributed by atoms with Crippen LogP contribution >= 0.6 is 15.9 Å². The van der Waals surface area contributed by atoms with Gasteiger partial charge in [-0.1, -0.05) is 30.3 Å². The van der Waals surface area contributed by atoms with Gasteiger partial charge in [-0.15, -0.1) is 0 Å². The molecule has 4 rings (SSSR count). The molecule has 9 nitrogen and oxygen atoms in total. The van der Waals surface area contributed by atoms with Gasteiger partial charge < -0.3 is 10.6 Å². The molecule has 0 spiro atoms. The van der Waals surface area contributed by atoms with E-state index in [1.54, 1.807) is 30.3 Å². The first-order chi connectivity index (χ1) is 15.6. The van der Waals surface area contributed by atoms with Crippen molar-refractivity contribution in [3.63, 3.8) is 0 Å². The Bertz CT molecular complexity index is 1270. The zero-order valence-electron chi connectivity index (χ0n) is 16.5. The van der Waals surface area contributed by atoms with Crippen LogP contribution in [0, 0.1) is 10.1 Å². The Morgan fingerprint density at radius 1 is 0.781 bits per heavy atom. The summed E-state index contributed by atoms with van der Waals surface area (Å²) >= 11 is 3.41. The van der Waals surface area contributed by atoms with E-state index in [-0.39, 0.29) is 17.3 Å². The third kappa shape index (κ3) is 5.10. The highest BCUT2D eigenvalue weighted by Crippen LogP contribution is 2.35. The Labute approximate surface area is 191 Å². The van der Waals surface area contributed by atoms with Crippen LogP contribution in [0.15, 0.2) is 99.9 Å². The minimum atomic E-state index is -0.524. The second-order valence-electron chi connectivity index (χ2n) is 6.49. The Kier molecular flexibility index (Phi) is 6.42. The highest BCUT2D eigenvalue weighted by atomic mass is 79.9. The molecule has 0 fully saturated rings. The molecule has 10 heteroatoms. The quantitative estimate of drug-likeness (QED) is 0.163. The number of benzene rings is 3. The van der Waals surface area contributed by atoms with Crippen LogP contribution in [0.4, 0.5) is 40.1 Å². The third-order valence-corrected chi connectivity index (χ3v) is 4.99. The van der Waals surface area contributed by atoms with Crippen molar-refractivity contribution in [3.05, 3.63) is 99.8 Å². The summed E-state index contributed by atoms with van der Waals surface area (Å²) in [6.45, 7) is 0. The fourth-order valence-corrected chi connectivity index (χ4v) is 3.17. The maximum Gasteiger partial charge on any atom is 0.353 e. The number of halogens is 1. The predicted octanol–water partition coefficient (Wildman–Crippen LogP) is 7.05. The molecule has 1 aromatic heterocycles. The summed E-state index contributed by atoms with van der Waals surface area (Å²) in [5, 5.41) is 26.1. The number of hydrogen-bond acceptors (Lipinski definition) is 8. The molecule has 0 aliphatic heterocycles. The molecule has 0 unspecified atom stereocenters. The van der Waals surface area contributed by atoms with E-state index in [4.69, 9.17) is 0 Å². The van der Waals surface area contributed by atoms with Gasteiger partial charge in [-0.05, 0) is 64.5 Å². The molecule has 0 aliphatic rings. The standard InChI is InChI=1S/C22H16BrN7O2/c23-18-8-4-5-9-19(18)27-22-20(30(31)32)21(24-14-25-22)26-15-10-12-17(13-11-15)29-28-16-6-2-1-3-7-16/h1-14H,(H2,24,25,26,27). The summed E-state index contributed by atoms with van der Waals surface area (Å²) < 4.78 is 0.752. The van der Waals surface area contributed by atoms with E-state index in [0.29, 0.717) is 17.1 Å². The maximum atomic E-state index is 11.8. The molecule has 32 heavy (non-hydrogen) atoms. The van der Waals surface area contributed by atoms with E-state index in [9.17, 15) is 10.1 Å². The third-order valence-electron chi connectivity index (χ3n) is 4.30. The zero-order valence-corrected chi connectivity index (χ0v) is 18.1. The van der Waals surface area contributed by atoms with E-state index in [1.807, 2.05) is 48.5 Å². The van der Waals surface area contributed by atoms with Crippen LogP contribution < -0.4 is 10.6 Å². The van der Waals surface area contributed by atoms with Crippen molar-refractivity contribution in [2.45, 2.75) is 0 Å². The SMILES string of the molecule is O=[N+]([O-])c1c(Nc2ccc(N=Nc3ccccc3)cc2)ncnc1Nc1ccccc1Br. The molecule has 0 atom stereocenters. The summed E-state index contributed by atoms with van der Waals surface area (Å²) in [4.78, 5) is 19.4. The van der Waals surface area contributed by atoms with Crippen molar-refractivity contribution >= 4 is 56.0 Å². The first kappa shape index (κ1) is 21.1. The molecule has 3 aromatic carbocycles. The number of rotatable bonds is 7. The number of anilines is 4. The lowest BCUT2D eigenvalue weighted by Crippen LogP contribution is -2.05. The van der Waals surface area contributed by atoms with Crippen LogP contribution in [0.5, 0.6) is 0 Å². The Hall–Kier alpha value is -4.18. The van der Waals surface area contributed by atoms with Gasteiger partial charge in [-0.25, -0.2) is 9.97 Å². The minimum absolute atomic E-state index is 0.0678. The molecule has 0 saturated carbocycles. The van der Waals surface area contributed by atoms with Crippen LogP contribution in [0.3, 0.4) is 0 Å². The van der Waals surface area contributed by atoms with Gasteiger partial charge in [0.05, 0.1) is 22.0 Å². The van der Waals surface area contributed by atoms with Gasteiger partial charge in [0.25, 0.3) is 0 Å². The Morgan fingerprint density at radius 2 is 1.38 bits per heavy atom. The monoisotopic (exact) mass is 489 g/mol. The predicted molar refractivity (Wildman–Crippen MR) is 126 cm³/mol. The molecule has 158 valence electrons. The number of azo groups is 1. The molecular formula is C22H16BrN7O2. The summed E-state index contributed by atoms with van der Waals surface area (Å²) in [6, 6.07) is 23.6. The maximum absolute atomic E-state index is 11.8. The van der Waals surface area contributed by atoms with Crippen molar-refractivity contribution in [1.82, 2.24) is 9.97 Å². The number of nitrogens with one attached hydrogen (secondary N) is 2. The van der Waals surface area contributed by atoms with E-state index >= 15 is 0 Å². The van der Waals surface area contributed by atoms with Gasteiger partial charge in [0.2, 0.25) is 11.6 Å². The fraction of sp³-hybridized carbons (Fsp3) is 0. The van der Waals surface area contributed by atoms with E-state index in [1.165, 1.54) is 6.33 Å². The number of aromatic nitrogens is 2. The summed E-state index contributed by atoms with van der Waals surface area (Å²) in [6.07, 6.45) is 1.26. The van der Waals surface area contributed by atoms with Crippen LogP contribution in [-0.4, -0.2) is 14.9 Å². The van der Waals surface area contributed by atoms with Crippen molar-refractivity contribution in [1.29, 1.82) is 0 Å². The van der Waals surface area contributed by atoms with E-state index < -0.39 is 4.92 Å². The fourth-order valence-electron chi connectivity index (χ4n) is 2.78. The molecule has 0 aliphatic carbocycles. The Morgan fingerprint density at radius 3 is 2.03 bits per heavy atom. The zero-order chi connectivity index (χ0) is 22.3. The topological polar surface area (TPSA) is 118 Å². The van der Waals surface area contributed by atoms with Gasteiger partial charge in [0.15, 0.2) is 0 Å². The largest absolute Gasteiger partial charge is 0.353 e. The highest BCUT2D eigenvalue weighted by Gasteiger charge is 2.23. The normalized spacial score (nSPS) is 10.8. The molecule has 1 heterocycles. The first-order valence-electron chi connectivity index (χ1n) is 9.45. The van der Waals surface area contributed by atoms with Gasteiger partial charge >= 0.3 is 5.69 Å². The number of para-hydroxylation sites is 1. The average molecular weight is 490 g/mol. The van der Waals surface area contributed by atoms with E-state index in [2.05, 4.69) is 46.8 Å². The number of hydrogen-bond donors (Lipinski definition) is 2. The van der Waals surface area contributed by atoms with Gasteiger partial charge in [-0.2, -0.15) is 10.2 Å². The molecule has 2 N–H and O–H groups in total. The lowest BCUT2D eigenvalue weighted by Gasteiger charge is -2.11. The highest BCUT2D eigenvalue weighted by molar-refractivity contribution is 9.10. The van der Waals surface area contributed by atoms with Crippen LogP contribution in [0.1, 0.15) is 0 Å². The summed E-state index contributed by atoms with van der Waals surface area (Å²) in [7, 11) is 0. The summed E-state index contributed by atoms with van der Waals surface area (Å²) in [5.74, 6) is 0.144. The van der Waals surface area contributed by atoms with Crippen molar-refractivity contribution < 1.29 is 4.92 Å². The van der Waals surface area contributed by atoms with Crippen molar-refractivity contribution in [2.24, 2.45) is 10.2 Å². The molecule has 0 amide bonds. The van der Waals surface area contributed by atoms with Crippen LogP contribution in [-0.2, 0) is 0 Å². The van der Waals surface area contributed by atoms with Gasteiger partial charge in [0.1, 0.15) is 6.33 Å². The van der Waals surface area contributed by atoms with Crippen LogP contribution in [0.25, 0.3) is 0 Å². The second kappa shape index (κ2) is 9.75. The smallest absolute Gasteiger partial charge is 0.334 e. The Balaban J connectivity index is 1.55. The van der Waals surface area contributed by atoms with Crippen molar-refractivity contribution in [2.75, 3.05) is 10.6 Å². The number of nitro groups is 1. The lowest BCUT2D eigenvalue weighted by molar-refractivity contribution is -0.383. The molecule has 0 saturated heterocycles. The number of nitrogens with zero attached hydrogens (tertiary/aromatic N) is 5. The molecule has 0 bridgehead atoms. The summed E-state index contributed by atoms with van der Waals surface area (Å²) in [5.41, 5.74) is 2.38. The average Bonchev–Trinajstić information content (AvgIpc) is 2.81.